The van der Waals surface area contributed by atoms with E-state index in [2.05, 4.69) is 31.4 Å². The Labute approximate surface area is 134 Å². The first-order chi connectivity index (χ1) is 10.5. The second kappa shape index (κ2) is 6.16. The summed E-state index contributed by atoms with van der Waals surface area (Å²) in [6.45, 7) is 0. The Kier molecular flexibility index (Phi) is 4.24. The highest BCUT2D eigenvalue weighted by atomic mass is 79.9. The zero-order chi connectivity index (χ0) is 15.7. The molecule has 22 heavy (non-hydrogen) atoms. The van der Waals surface area contributed by atoms with Crippen molar-refractivity contribution in [2.75, 3.05) is 5.32 Å². The summed E-state index contributed by atoms with van der Waals surface area (Å²) in [7, 11) is 0. The molecule has 3 rings (SSSR count). The van der Waals surface area contributed by atoms with E-state index in [1.807, 2.05) is 0 Å². The average molecular weight is 370 g/mol. The number of hydrogen-bond acceptors (Lipinski definition) is 2. The molecular formula is C15H14BrF2N3O. The number of halogens is 3. The molecule has 0 atom stereocenters. The van der Waals surface area contributed by atoms with Crippen LogP contribution in [0.3, 0.4) is 0 Å². The number of aromatic nitrogens is 2. The van der Waals surface area contributed by atoms with Gasteiger partial charge < -0.3 is 5.32 Å². The van der Waals surface area contributed by atoms with Gasteiger partial charge in [0, 0.05) is 22.2 Å². The van der Waals surface area contributed by atoms with Crippen LogP contribution in [0.2, 0.25) is 0 Å². The third kappa shape index (κ3) is 3.04. The molecule has 116 valence electrons. The summed E-state index contributed by atoms with van der Waals surface area (Å²) in [6, 6.07) is 3.58. The molecule has 7 heteroatoms. The molecule has 0 saturated heterocycles. The van der Waals surface area contributed by atoms with Crippen molar-refractivity contribution in [3.63, 3.8) is 0 Å². The van der Waals surface area contributed by atoms with E-state index in [0.717, 1.165) is 30.7 Å². The molecule has 1 fully saturated rings. The van der Waals surface area contributed by atoms with Crippen LogP contribution >= 0.6 is 15.9 Å². The Morgan fingerprint density at radius 3 is 2.64 bits per heavy atom. The molecule has 0 radical (unpaired) electrons. The minimum Gasteiger partial charge on any atom is -0.305 e. The maximum atomic E-state index is 13.3. The molecule has 2 N–H and O–H groups in total. The van der Waals surface area contributed by atoms with Crippen molar-refractivity contribution in [1.82, 2.24) is 10.2 Å². The summed E-state index contributed by atoms with van der Waals surface area (Å²) in [6.07, 6.45) is 4.63. The zero-order valence-corrected chi connectivity index (χ0v) is 13.2. The third-order valence-electron chi connectivity index (χ3n) is 3.89. The fourth-order valence-electron chi connectivity index (χ4n) is 2.73. The second-order valence-corrected chi connectivity index (χ2v) is 6.24. The van der Waals surface area contributed by atoms with Gasteiger partial charge in [0.05, 0.1) is 5.56 Å². The summed E-state index contributed by atoms with van der Waals surface area (Å²) in [5.74, 6) is -1.79. The number of rotatable bonds is 3. The van der Waals surface area contributed by atoms with Gasteiger partial charge in [-0.3, -0.25) is 9.89 Å². The van der Waals surface area contributed by atoms with Crippen LogP contribution in [0.5, 0.6) is 0 Å². The number of benzene rings is 1. The quantitative estimate of drug-likeness (QED) is 0.789. The van der Waals surface area contributed by atoms with Crippen LogP contribution in [-0.4, -0.2) is 16.1 Å². The number of nitrogens with zero attached hydrogens (tertiary/aromatic N) is 1. The molecule has 1 aliphatic rings. The summed E-state index contributed by atoms with van der Waals surface area (Å²) < 4.78 is 26.5. The van der Waals surface area contributed by atoms with Crippen LogP contribution in [0.1, 0.15) is 47.7 Å². The average Bonchev–Trinajstić information content (AvgIpc) is 3.13. The van der Waals surface area contributed by atoms with Gasteiger partial charge in [0.25, 0.3) is 5.91 Å². The van der Waals surface area contributed by atoms with Gasteiger partial charge in [-0.25, -0.2) is 8.78 Å². The number of nitrogens with one attached hydrogen (secondary N) is 2. The van der Waals surface area contributed by atoms with E-state index in [0.29, 0.717) is 11.7 Å². The van der Waals surface area contributed by atoms with Crippen molar-refractivity contribution in [1.29, 1.82) is 0 Å². The largest absolute Gasteiger partial charge is 0.305 e. The van der Waals surface area contributed by atoms with E-state index in [1.54, 1.807) is 6.07 Å². The first kappa shape index (κ1) is 15.1. The lowest BCUT2D eigenvalue weighted by atomic mass is 10.0. The number of amides is 1. The maximum absolute atomic E-state index is 13.3. The first-order valence-corrected chi connectivity index (χ1v) is 7.85. The van der Waals surface area contributed by atoms with Gasteiger partial charge in [0.2, 0.25) is 0 Å². The van der Waals surface area contributed by atoms with Crippen molar-refractivity contribution >= 4 is 27.7 Å². The van der Waals surface area contributed by atoms with Crippen LogP contribution < -0.4 is 5.32 Å². The molecule has 0 bridgehead atoms. The van der Waals surface area contributed by atoms with E-state index in [-0.39, 0.29) is 10.0 Å². The third-order valence-corrected chi connectivity index (χ3v) is 4.54. The van der Waals surface area contributed by atoms with E-state index < -0.39 is 17.5 Å². The van der Waals surface area contributed by atoms with Gasteiger partial charge >= 0.3 is 0 Å². The Balaban J connectivity index is 1.75. The molecule has 2 aromatic rings. The Morgan fingerprint density at radius 2 is 1.91 bits per heavy atom. The van der Waals surface area contributed by atoms with Crippen molar-refractivity contribution in [2.24, 2.45) is 0 Å². The minimum atomic E-state index is -1.07. The Bertz CT molecular complexity index is 711. The van der Waals surface area contributed by atoms with Crippen LogP contribution in [0.15, 0.2) is 22.7 Å². The molecule has 0 unspecified atom stereocenters. The highest BCUT2D eigenvalue weighted by Crippen LogP contribution is 2.33. The van der Waals surface area contributed by atoms with Gasteiger partial charge in [-0.05, 0) is 40.9 Å². The standard InChI is InChI=1S/C15H14BrF2N3O/c16-10-6-12(18)11(17)5-9(10)15(22)19-14-7-13(20-21-14)8-3-1-2-4-8/h5-8H,1-4H2,(H2,19,20,21,22). The smallest absolute Gasteiger partial charge is 0.258 e. The van der Waals surface area contributed by atoms with Crippen LogP contribution in [0.25, 0.3) is 0 Å². The van der Waals surface area contributed by atoms with E-state index in [4.69, 9.17) is 0 Å². The van der Waals surface area contributed by atoms with Crippen molar-refractivity contribution in [2.45, 2.75) is 31.6 Å². The van der Waals surface area contributed by atoms with Gasteiger partial charge in [0.1, 0.15) is 0 Å². The number of hydrogen-bond donors (Lipinski definition) is 2. The number of anilines is 1. The fourth-order valence-corrected chi connectivity index (χ4v) is 3.22. The molecule has 1 amide bonds. The first-order valence-electron chi connectivity index (χ1n) is 7.06. The molecule has 1 saturated carbocycles. The lowest BCUT2D eigenvalue weighted by Crippen LogP contribution is -2.13. The monoisotopic (exact) mass is 369 g/mol. The molecule has 1 aliphatic carbocycles. The summed E-state index contributed by atoms with van der Waals surface area (Å²) >= 11 is 3.06. The number of carbonyl (C=O) groups excluding carboxylic acids is 1. The summed E-state index contributed by atoms with van der Waals surface area (Å²) in [4.78, 5) is 12.1. The van der Waals surface area contributed by atoms with Crippen LogP contribution in [0.4, 0.5) is 14.6 Å². The number of carbonyl (C=O) groups is 1. The lowest BCUT2D eigenvalue weighted by Gasteiger charge is -2.05. The highest BCUT2D eigenvalue weighted by molar-refractivity contribution is 9.10. The number of aromatic amines is 1. The molecule has 4 nitrogen and oxygen atoms in total. The second-order valence-electron chi connectivity index (χ2n) is 5.39. The SMILES string of the molecule is O=C(Nc1cc(C2CCCC2)[nH]n1)c1cc(F)c(F)cc1Br. The van der Waals surface area contributed by atoms with Crippen LogP contribution in [-0.2, 0) is 0 Å². The lowest BCUT2D eigenvalue weighted by molar-refractivity contribution is 0.102. The van der Waals surface area contributed by atoms with E-state index in [1.165, 1.54) is 12.8 Å². The Morgan fingerprint density at radius 1 is 1.23 bits per heavy atom. The van der Waals surface area contributed by atoms with Crippen LogP contribution in [0, 0.1) is 11.6 Å². The highest BCUT2D eigenvalue weighted by Gasteiger charge is 2.20. The fraction of sp³-hybridized carbons (Fsp3) is 0.333. The van der Waals surface area contributed by atoms with Gasteiger partial charge in [-0.15, -0.1) is 0 Å². The summed E-state index contributed by atoms with van der Waals surface area (Å²) in [5.41, 5.74) is 1.02. The molecule has 0 aliphatic heterocycles. The predicted molar refractivity (Wildman–Crippen MR) is 81.8 cm³/mol. The number of H-pyrrole nitrogens is 1. The van der Waals surface area contributed by atoms with Gasteiger partial charge in [-0.2, -0.15) is 5.10 Å². The van der Waals surface area contributed by atoms with Crippen molar-refractivity contribution < 1.29 is 13.6 Å². The minimum absolute atomic E-state index is 0.0179. The maximum Gasteiger partial charge on any atom is 0.258 e. The normalized spacial score (nSPS) is 15.2. The molecule has 1 heterocycles. The molecule has 1 aromatic heterocycles. The molecule has 1 aromatic carbocycles. The van der Waals surface area contributed by atoms with E-state index >= 15 is 0 Å². The van der Waals surface area contributed by atoms with Crippen molar-refractivity contribution in [3.8, 4) is 0 Å². The van der Waals surface area contributed by atoms with E-state index in [9.17, 15) is 13.6 Å². The summed E-state index contributed by atoms with van der Waals surface area (Å²) in [5, 5.41) is 9.57. The molecular weight excluding hydrogens is 356 g/mol. The van der Waals surface area contributed by atoms with Gasteiger partial charge in [0.15, 0.2) is 17.5 Å². The molecule has 0 spiro atoms. The topological polar surface area (TPSA) is 57.8 Å². The van der Waals surface area contributed by atoms with Crippen molar-refractivity contribution in [3.05, 3.63) is 45.6 Å². The predicted octanol–water partition coefficient (Wildman–Crippen LogP) is 4.36. The zero-order valence-electron chi connectivity index (χ0n) is 11.6. The Hall–Kier alpha value is -1.76. The van der Waals surface area contributed by atoms with Gasteiger partial charge in [-0.1, -0.05) is 12.8 Å².